The third-order valence-corrected chi connectivity index (χ3v) is 4.49. The summed E-state index contributed by atoms with van der Waals surface area (Å²) in [6.07, 6.45) is 2.40. The summed E-state index contributed by atoms with van der Waals surface area (Å²) >= 11 is 0. The summed E-state index contributed by atoms with van der Waals surface area (Å²) in [5, 5.41) is 3.67. The largest absolute Gasteiger partial charge is 0.493 e. The molecule has 2 heteroatoms. The van der Waals surface area contributed by atoms with Gasteiger partial charge in [-0.3, -0.25) is 0 Å². The SMILES string of the molecule is CCNC(c1ccc2c(c1)CCO2)C1CC1(C)C. The lowest BCUT2D eigenvalue weighted by atomic mass is 9.95. The molecule has 18 heavy (non-hydrogen) atoms. The fourth-order valence-corrected chi connectivity index (χ4v) is 3.19. The Hall–Kier alpha value is -1.02. The van der Waals surface area contributed by atoms with Crippen LogP contribution in [0.2, 0.25) is 0 Å². The van der Waals surface area contributed by atoms with E-state index in [-0.39, 0.29) is 0 Å². The Kier molecular flexibility index (Phi) is 2.86. The van der Waals surface area contributed by atoms with E-state index < -0.39 is 0 Å². The van der Waals surface area contributed by atoms with Crippen molar-refractivity contribution in [3.63, 3.8) is 0 Å². The maximum atomic E-state index is 5.59. The predicted octanol–water partition coefficient (Wildman–Crippen LogP) is 3.32. The third kappa shape index (κ3) is 2.03. The first-order valence-electron chi connectivity index (χ1n) is 7.11. The van der Waals surface area contributed by atoms with Gasteiger partial charge in [-0.2, -0.15) is 0 Å². The fourth-order valence-electron chi connectivity index (χ4n) is 3.19. The van der Waals surface area contributed by atoms with E-state index in [9.17, 15) is 0 Å². The molecule has 2 atom stereocenters. The Morgan fingerprint density at radius 2 is 2.22 bits per heavy atom. The lowest BCUT2D eigenvalue weighted by Gasteiger charge is -2.21. The second-order valence-electron chi connectivity index (χ2n) is 6.30. The van der Waals surface area contributed by atoms with Gasteiger partial charge in [0.25, 0.3) is 0 Å². The van der Waals surface area contributed by atoms with Gasteiger partial charge in [0.05, 0.1) is 6.61 Å². The van der Waals surface area contributed by atoms with E-state index in [1.807, 2.05) is 0 Å². The molecule has 0 spiro atoms. The molecule has 1 aromatic carbocycles. The van der Waals surface area contributed by atoms with Crippen LogP contribution in [0.15, 0.2) is 18.2 Å². The number of fused-ring (bicyclic) bond motifs is 1. The minimum Gasteiger partial charge on any atom is -0.493 e. The van der Waals surface area contributed by atoms with Crippen LogP contribution in [0.25, 0.3) is 0 Å². The first kappa shape index (κ1) is 12.0. The molecular weight excluding hydrogens is 222 g/mol. The Morgan fingerprint density at radius 1 is 1.44 bits per heavy atom. The minimum atomic E-state index is 0.502. The van der Waals surface area contributed by atoms with Gasteiger partial charge in [-0.15, -0.1) is 0 Å². The monoisotopic (exact) mass is 245 g/mol. The lowest BCUT2D eigenvalue weighted by Crippen LogP contribution is -2.24. The number of hydrogen-bond donors (Lipinski definition) is 1. The molecule has 1 N–H and O–H groups in total. The molecule has 2 nitrogen and oxygen atoms in total. The van der Waals surface area contributed by atoms with E-state index in [0.29, 0.717) is 11.5 Å². The van der Waals surface area contributed by atoms with Crippen molar-refractivity contribution in [2.45, 2.75) is 39.7 Å². The van der Waals surface area contributed by atoms with Crippen molar-refractivity contribution in [3.8, 4) is 5.75 Å². The van der Waals surface area contributed by atoms with Gasteiger partial charge in [-0.05, 0) is 41.5 Å². The van der Waals surface area contributed by atoms with Gasteiger partial charge < -0.3 is 10.1 Å². The summed E-state index contributed by atoms with van der Waals surface area (Å²) in [5.41, 5.74) is 3.33. The van der Waals surface area contributed by atoms with Crippen molar-refractivity contribution in [1.82, 2.24) is 5.32 Å². The Bertz CT molecular complexity index is 452. The van der Waals surface area contributed by atoms with Crippen LogP contribution in [0.1, 0.15) is 44.4 Å². The number of nitrogens with one attached hydrogen (secondary N) is 1. The molecule has 1 saturated carbocycles. The minimum absolute atomic E-state index is 0.502. The van der Waals surface area contributed by atoms with Crippen molar-refractivity contribution in [2.75, 3.05) is 13.2 Å². The van der Waals surface area contributed by atoms with Gasteiger partial charge in [0.1, 0.15) is 5.75 Å². The first-order chi connectivity index (χ1) is 8.62. The van der Waals surface area contributed by atoms with E-state index >= 15 is 0 Å². The highest BCUT2D eigenvalue weighted by molar-refractivity contribution is 5.41. The zero-order valence-corrected chi connectivity index (χ0v) is 11.6. The average Bonchev–Trinajstić information content (AvgIpc) is 2.77. The van der Waals surface area contributed by atoms with Crippen molar-refractivity contribution in [2.24, 2.45) is 11.3 Å². The zero-order chi connectivity index (χ0) is 12.8. The predicted molar refractivity (Wildman–Crippen MR) is 73.9 cm³/mol. The standard InChI is InChI=1S/C16H23NO/c1-4-17-15(13-10-16(13,2)3)12-5-6-14-11(9-12)7-8-18-14/h5-6,9,13,15,17H,4,7-8,10H2,1-3H3. The van der Waals surface area contributed by atoms with Crippen molar-refractivity contribution < 1.29 is 4.74 Å². The number of ether oxygens (including phenoxy) is 1. The van der Waals surface area contributed by atoms with Crippen molar-refractivity contribution in [3.05, 3.63) is 29.3 Å². The van der Waals surface area contributed by atoms with E-state index in [1.165, 1.54) is 17.5 Å². The normalized spacial score (nSPS) is 25.4. The summed E-state index contributed by atoms with van der Waals surface area (Å²) in [4.78, 5) is 0. The summed E-state index contributed by atoms with van der Waals surface area (Å²) in [6.45, 7) is 8.82. The molecule has 0 saturated heterocycles. The van der Waals surface area contributed by atoms with E-state index in [4.69, 9.17) is 4.74 Å². The fraction of sp³-hybridized carbons (Fsp3) is 0.625. The van der Waals surface area contributed by atoms with Crippen LogP contribution in [-0.2, 0) is 6.42 Å². The Labute approximate surface area is 110 Å². The smallest absolute Gasteiger partial charge is 0.122 e. The number of benzene rings is 1. The Balaban J connectivity index is 1.86. The molecule has 3 rings (SSSR count). The highest BCUT2D eigenvalue weighted by Crippen LogP contribution is 2.57. The average molecular weight is 245 g/mol. The second-order valence-corrected chi connectivity index (χ2v) is 6.30. The van der Waals surface area contributed by atoms with Crippen LogP contribution >= 0.6 is 0 Å². The van der Waals surface area contributed by atoms with E-state index in [1.54, 1.807) is 0 Å². The van der Waals surface area contributed by atoms with Crippen molar-refractivity contribution in [1.29, 1.82) is 0 Å². The van der Waals surface area contributed by atoms with Gasteiger partial charge >= 0.3 is 0 Å². The maximum Gasteiger partial charge on any atom is 0.122 e. The molecule has 2 unspecified atom stereocenters. The van der Waals surface area contributed by atoms with Crippen LogP contribution < -0.4 is 10.1 Å². The van der Waals surface area contributed by atoms with Crippen LogP contribution in [0.4, 0.5) is 0 Å². The molecule has 2 aliphatic rings. The number of hydrogen-bond acceptors (Lipinski definition) is 2. The van der Waals surface area contributed by atoms with Gasteiger partial charge in [0, 0.05) is 12.5 Å². The Morgan fingerprint density at radius 3 is 2.89 bits per heavy atom. The lowest BCUT2D eigenvalue weighted by molar-refractivity contribution is 0.356. The molecule has 1 heterocycles. The molecule has 0 amide bonds. The van der Waals surface area contributed by atoms with Gasteiger partial charge in [0.15, 0.2) is 0 Å². The van der Waals surface area contributed by atoms with Crippen molar-refractivity contribution >= 4 is 0 Å². The van der Waals surface area contributed by atoms with Crippen LogP contribution in [-0.4, -0.2) is 13.2 Å². The van der Waals surface area contributed by atoms with E-state index in [2.05, 4.69) is 44.3 Å². The summed E-state index contributed by atoms with van der Waals surface area (Å²) in [5.74, 6) is 1.86. The molecule has 1 aliphatic carbocycles. The molecular formula is C16H23NO. The van der Waals surface area contributed by atoms with Crippen LogP contribution in [0.3, 0.4) is 0 Å². The molecule has 0 aromatic heterocycles. The maximum absolute atomic E-state index is 5.59. The quantitative estimate of drug-likeness (QED) is 0.878. The molecule has 0 bridgehead atoms. The van der Waals surface area contributed by atoms with Gasteiger partial charge in [-0.1, -0.05) is 32.9 Å². The van der Waals surface area contributed by atoms with Gasteiger partial charge in [0.2, 0.25) is 0 Å². The summed E-state index contributed by atoms with van der Waals surface area (Å²) < 4.78 is 5.59. The first-order valence-corrected chi connectivity index (χ1v) is 7.11. The molecule has 98 valence electrons. The second kappa shape index (κ2) is 4.27. The van der Waals surface area contributed by atoms with Gasteiger partial charge in [-0.25, -0.2) is 0 Å². The number of rotatable bonds is 4. The third-order valence-electron chi connectivity index (χ3n) is 4.49. The molecule has 1 fully saturated rings. The van der Waals surface area contributed by atoms with Crippen LogP contribution in [0.5, 0.6) is 5.75 Å². The summed E-state index contributed by atoms with van der Waals surface area (Å²) in [6, 6.07) is 7.25. The highest BCUT2D eigenvalue weighted by atomic mass is 16.5. The molecule has 1 aromatic rings. The topological polar surface area (TPSA) is 21.3 Å². The molecule has 1 aliphatic heterocycles. The zero-order valence-electron chi connectivity index (χ0n) is 11.6. The summed E-state index contributed by atoms with van der Waals surface area (Å²) in [7, 11) is 0. The highest BCUT2D eigenvalue weighted by Gasteiger charge is 2.50. The van der Waals surface area contributed by atoms with Crippen LogP contribution in [0, 0.1) is 11.3 Å². The van der Waals surface area contributed by atoms with E-state index in [0.717, 1.165) is 31.2 Å². The molecule has 0 radical (unpaired) electrons.